The lowest BCUT2D eigenvalue weighted by atomic mass is 9.89. The highest BCUT2D eigenvalue weighted by atomic mass is 32.2. The average molecular weight is 523 g/mol. The molecule has 0 amide bonds. The summed E-state index contributed by atoms with van der Waals surface area (Å²) in [5.41, 5.74) is 10.8. The number of nitrogens with one attached hydrogen (secondary N) is 1. The lowest BCUT2D eigenvalue weighted by Crippen LogP contribution is -2.28. The summed E-state index contributed by atoms with van der Waals surface area (Å²) in [5, 5.41) is 3.50. The smallest absolute Gasteiger partial charge is 0.326 e. The van der Waals surface area contributed by atoms with Crippen LogP contribution in [0.1, 0.15) is 41.9 Å². The van der Waals surface area contributed by atoms with Gasteiger partial charge in [-0.3, -0.25) is 4.79 Å². The molecule has 0 bridgehead atoms. The first kappa shape index (κ1) is 27.7. The lowest BCUT2D eigenvalue weighted by Gasteiger charge is -2.18. The van der Waals surface area contributed by atoms with Gasteiger partial charge in [0, 0.05) is 11.5 Å². The molecule has 0 unspecified atom stereocenters. The summed E-state index contributed by atoms with van der Waals surface area (Å²) in [5.74, 6) is -0.228. The molecule has 0 radical (unpaired) electrons. The summed E-state index contributed by atoms with van der Waals surface area (Å²) in [4.78, 5) is 22.4. The fourth-order valence-electron chi connectivity index (χ4n) is 3.81. The van der Waals surface area contributed by atoms with E-state index in [9.17, 15) is 13.2 Å². The quantitative estimate of drug-likeness (QED) is 0.0965. The van der Waals surface area contributed by atoms with Crippen LogP contribution in [-0.2, 0) is 26.1 Å². The highest BCUT2D eigenvalue weighted by Crippen LogP contribution is 2.27. The Labute approximate surface area is 217 Å². The summed E-state index contributed by atoms with van der Waals surface area (Å²) in [6.07, 6.45) is 2.06. The van der Waals surface area contributed by atoms with Crippen molar-refractivity contribution in [1.29, 1.82) is 0 Å². The van der Waals surface area contributed by atoms with E-state index in [1.54, 1.807) is 25.1 Å². The average Bonchev–Trinajstić information content (AvgIpc) is 2.90. The number of aryl methyl sites for hydroxylation is 1. The number of hydrogen-bond acceptors (Lipinski definition) is 6. The Bertz CT molecular complexity index is 1310. The van der Waals surface area contributed by atoms with Gasteiger partial charge in [0.15, 0.2) is 0 Å². The molecule has 37 heavy (non-hydrogen) atoms. The number of benzene rings is 3. The molecular weight excluding hydrogens is 492 g/mol. The minimum atomic E-state index is -4.00. The molecule has 0 aromatic heterocycles. The van der Waals surface area contributed by atoms with Crippen LogP contribution in [0, 0.1) is 6.92 Å². The van der Waals surface area contributed by atoms with Crippen molar-refractivity contribution in [3.8, 4) is 5.75 Å². The maximum absolute atomic E-state index is 12.7. The molecule has 3 rings (SSSR count). The number of ether oxygens (including phenoxy) is 1. The van der Waals surface area contributed by atoms with Gasteiger partial charge in [0.25, 0.3) is 10.0 Å². The van der Waals surface area contributed by atoms with Gasteiger partial charge in [0.2, 0.25) is 0 Å². The second-order valence-corrected chi connectivity index (χ2v) is 10.1. The van der Waals surface area contributed by atoms with Gasteiger partial charge in [-0.2, -0.15) is 0 Å². The fraction of sp³-hybridized carbons (Fsp3) is 0.296. The first-order chi connectivity index (χ1) is 17.9. The molecule has 0 heterocycles. The summed E-state index contributed by atoms with van der Waals surface area (Å²) < 4.78 is 30.9. The first-order valence-corrected chi connectivity index (χ1v) is 13.4. The van der Waals surface area contributed by atoms with E-state index in [1.807, 2.05) is 59.5 Å². The van der Waals surface area contributed by atoms with Crippen molar-refractivity contribution in [3.63, 3.8) is 0 Å². The van der Waals surface area contributed by atoms with Crippen LogP contribution in [0.4, 0.5) is 0 Å². The van der Waals surface area contributed by atoms with Gasteiger partial charge >= 0.3 is 5.97 Å². The van der Waals surface area contributed by atoms with Gasteiger partial charge in [-0.1, -0.05) is 65.8 Å². The van der Waals surface area contributed by atoms with E-state index in [1.165, 1.54) is 6.07 Å². The van der Waals surface area contributed by atoms with Gasteiger partial charge in [0.1, 0.15) is 5.75 Å². The number of azide groups is 1. The molecule has 1 atom stereocenters. The molecule has 0 fully saturated rings. The van der Waals surface area contributed by atoms with Crippen molar-refractivity contribution < 1.29 is 22.8 Å². The lowest BCUT2D eigenvalue weighted by molar-refractivity contribution is -0.147. The summed E-state index contributed by atoms with van der Waals surface area (Å²) in [6.45, 7) is 2.61. The van der Waals surface area contributed by atoms with Crippen molar-refractivity contribution >= 4 is 16.0 Å². The van der Waals surface area contributed by atoms with Crippen molar-refractivity contribution in [3.05, 3.63) is 106 Å². The number of nitrogens with zero attached hydrogens (tertiary/aromatic N) is 3. The van der Waals surface area contributed by atoms with E-state index < -0.39 is 16.0 Å². The van der Waals surface area contributed by atoms with Crippen LogP contribution in [0.3, 0.4) is 0 Å². The standard InChI is InChI=1S/C27H30N4O5S/c1-21-9-5-6-12-26(21)37(33,34)31-36-27(32)20-24(19-22-10-3-2-4-11-22)23-13-15-25(16-14-23)35-18-8-7-17-29-30-28/h2-6,9-16,24,31H,7-8,17-20H2,1H3/t24-/m0/s1. The van der Waals surface area contributed by atoms with Crippen molar-refractivity contribution in [2.24, 2.45) is 5.11 Å². The Kier molecular flexibility index (Phi) is 10.5. The van der Waals surface area contributed by atoms with Crippen LogP contribution in [0.15, 0.2) is 88.9 Å². The Hall–Kier alpha value is -3.85. The SMILES string of the molecule is Cc1ccccc1S(=O)(=O)NOC(=O)C[C@H](Cc1ccccc1)c1ccc(OCCCCN=[N+]=[N-])cc1. The summed E-state index contributed by atoms with van der Waals surface area (Å²) in [6, 6.07) is 23.7. The normalized spacial score (nSPS) is 11.8. The molecule has 0 saturated heterocycles. The minimum absolute atomic E-state index is 0.0230. The zero-order valence-corrected chi connectivity index (χ0v) is 21.4. The number of rotatable bonds is 14. The van der Waals surface area contributed by atoms with Crippen LogP contribution in [0.5, 0.6) is 5.75 Å². The van der Waals surface area contributed by atoms with Gasteiger partial charge in [-0.25, -0.2) is 8.42 Å². The van der Waals surface area contributed by atoms with Gasteiger partial charge in [-0.15, -0.1) is 0 Å². The van der Waals surface area contributed by atoms with Crippen LogP contribution in [0.25, 0.3) is 10.4 Å². The summed E-state index contributed by atoms with van der Waals surface area (Å²) in [7, 11) is -4.00. The first-order valence-electron chi connectivity index (χ1n) is 11.9. The Morgan fingerprint density at radius 1 is 1.00 bits per heavy atom. The Morgan fingerprint density at radius 2 is 1.70 bits per heavy atom. The number of hydrogen-bond donors (Lipinski definition) is 1. The highest BCUT2D eigenvalue weighted by molar-refractivity contribution is 7.89. The molecule has 0 aliphatic rings. The topological polar surface area (TPSA) is 130 Å². The molecule has 9 nitrogen and oxygen atoms in total. The van der Waals surface area contributed by atoms with E-state index in [0.717, 1.165) is 24.0 Å². The zero-order chi connectivity index (χ0) is 26.5. The summed E-state index contributed by atoms with van der Waals surface area (Å²) >= 11 is 0. The molecular formula is C27H30N4O5S. The number of sulfonamides is 1. The number of unbranched alkanes of at least 4 members (excludes halogenated alkanes) is 1. The third-order valence-corrected chi connectivity index (χ3v) is 7.06. The zero-order valence-electron chi connectivity index (χ0n) is 20.6. The van der Waals surface area contributed by atoms with E-state index in [4.69, 9.17) is 15.1 Å². The van der Waals surface area contributed by atoms with Crippen LogP contribution in [0.2, 0.25) is 0 Å². The van der Waals surface area contributed by atoms with Crippen LogP contribution in [-0.4, -0.2) is 27.5 Å². The van der Waals surface area contributed by atoms with Crippen molar-refractivity contribution in [2.45, 2.75) is 43.4 Å². The maximum atomic E-state index is 12.7. The van der Waals surface area contributed by atoms with E-state index in [2.05, 4.69) is 10.0 Å². The third kappa shape index (κ3) is 8.95. The predicted octanol–water partition coefficient (Wildman–Crippen LogP) is 5.62. The molecule has 0 aliphatic carbocycles. The molecule has 1 N–H and O–H groups in total. The maximum Gasteiger partial charge on any atom is 0.326 e. The second kappa shape index (κ2) is 14.0. The molecule has 3 aromatic rings. The molecule has 0 spiro atoms. The minimum Gasteiger partial charge on any atom is -0.494 e. The predicted molar refractivity (Wildman–Crippen MR) is 140 cm³/mol. The van der Waals surface area contributed by atoms with E-state index >= 15 is 0 Å². The largest absolute Gasteiger partial charge is 0.494 e. The molecule has 10 heteroatoms. The van der Waals surface area contributed by atoms with E-state index in [0.29, 0.717) is 30.9 Å². The molecule has 3 aromatic carbocycles. The Balaban J connectivity index is 1.64. The van der Waals surface area contributed by atoms with Crippen LogP contribution >= 0.6 is 0 Å². The molecule has 194 valence electrons. The fourth-order valence-corrected chi connectivity index (χ4v) is 4.85. The number of carbonyl (C=O) groups excluding carboxylic acids is 1. The second-order valence-electron chi connectivity index (χ2n) is 8.50. The van der Waals surface area contributed by atoms with Crippen molar-refractivity contribution in [2.75, 3.05) is 13.2 Å². The van der Waals surface area contributed by atoms with Crippen LogP contribution < -0.4 is 9.62 Å². The Morgan fingerprint density at radius 3 is 2.41 bits per heavy atom. The monoisotopic (exact) mass is 522 g/mol. The van der Waals surface area contributed by atoms with Gasteiger partial charge < -0.3 is 9.57 Å². The third-order valence-electron chi connectivity index (χ3n) is 5.72. The number of carbonyl (C=O) groups is 1. The molecule has 0 aliphatic heterocycles. The van der Waals surface area contributed by atoms with Crippen molar-refractivity contribution in [1.82, 2.24) is 4.89 Å². The highest BCUT2D eigenvalue weighted by Gasteiger charge is 2.22. The van der Waals surface area contributed by atoms with Gasteiger partial charge in [0.05, 0.1) is 17.9 Å². The van der Waals surface area contributed by atoms with E-state index in [-0.39, 0.29) is 17.2 Å². The molecule has 0 saturated carbocycles. The van der Waals surface area contributed by atoms with Gasteiger partial charge in [-0.05, 0) is 77.4 Å².